The summed E-state index contributed by atoms with van der Waals surface area (Å²) in [4.78, 5) is 6.96. The van der Waals surface area contributed by atoms with Gasteiger partial charge < -0.3 is 10.6 Å². The molecule has 0 radical (unpaired) electrons. The Bertz CT molecular complexity index is 525. The highest BCUT2D eigenvalue weighted by atomic mass is 15.3. The molecule has 5 nitrogen and oxygen atoms in total. The largest absolute Gasteiger partial charge is 0.356 e. The van der Waals surface area contributed by atoms with Crippen molar-refractivity contribution in [2.75, 3.05) is 18.0 Å². The van der Waals surface area contributed by atoms with E-state index in [4.69, 9.17) is 5.73 Å². The Morgan fingerprint density at radius 1 is 1.33 bits per heavy atom. The van der Waals surface area contributed by atoms with Crippen molar-refractivity contribution < 1.29 is 0 Å². The molecule has 18 heavy (non-hydrogen) atoms. The van der Waals surface area contributed by atoms with E-state index in [2.05, 4.69) is 21.9 Å². The molecule has 96 valence electrons. The number of rotatable bonds is 2. The summed E-state index contributed by atoms with van der Waals surface area (Å²) in [6.07, 6.45) is 6.05. The number of aromatic nitrogens is 3. The fraction of sp³-hybridized carbons (Fsp3) is 0.538. The van der Waals surface area contributed by atoms with E-state index in [0.29, 0.717) is 12.0 Å². The molecule has 3 rings (SSSR count). The summed E-state index contributed by atoms with van der Waals surface area (Å²) < 4.78 is 1.79. The molecule has 1 saturated heterocycles. The summed E-state index contributed by atoms with van der Waals surface area (Å²) in [5.74, 6) is 1.70. The molecule has 2 aromatic heterocycles. The van der Waals surface area contributed by atoms with Crippen LogP contribution >= 0.6 is 0 Å². The molecule has 1 atom stereocenters. The second kappa shape index (κ2) is 4.57. The first-order valence-corrected chi connectivity index (χ1v) is 6.55. The van der Waals surface area contributed by atoms with Crippen molar-refractivity contribution in [2.24, 2.45) is 11.7 Å². The van der Waals surface area contributed by atoms with Gasteiger partial charge in [0.25, 0.3) is 0 Å². The standard InChI is InChI=1S/C13H19N5/c1-10(14)11-3-7-17(8-4-11)12-5-9-18-13(16-12)2-6-15-18/h2,5-6,9-11H,3-4,7-8,14H2,1H3. The fourth-order valence-electron chi connectivity index (χ4n) is 2.63. The number of nitrogens with two attached hydrogens (primary N) is 1. The number of fused-ring (bicyclic) bond motifs is 1. The summed E-state index contributed by atoms with van der Waals surface area (Å²) in [7, 11) is 0. The molecule has 2 aromatic rings. The van der Waals surface area contributed by atoms with E-state index in [-0.39, 0.29) is 0 Å². The van der Waals surface area contributed by atoms with Crippen molar-refractivity contribution in [3.63, 3.8) is 0 Å². The van der Waals surface area contributed by atoms with Crippen LogP contribution in [0.2, 0.25) is 0 Å². The SMILES string of the molecule is CC(N)C1CCN(c2ccn3nccc3n2)CC1. The second-order valence-electron chi connectivity index (χ2n) is 5.10. The number of nitrogens with zero attached hydrogens (tertiary/aromatic N) is 4. The molecule has 0 aliphatic carbocycles. The predicted molar refractivity (Wildman–Crippen MR) is 71.6 cm³/mol. The highest BCUT2D eigenvalue weighted by Crippen LogP contribution is 2.23. The van der Waals surface area contributed by atoms with Crippen LogP contribution in [-0.4, -0.2) is 33.7 Å². The minimum atomic E-state index is 0.303. The van der Waals surface area contributed by atoms with E-state index in [1.165, 1.54) is 0 Å². The zero-order chi connectivity index (χ0) is 12.5. The lowest BCUT2D eigenvalue weighted by Gasteiger charge is -2.34. The molecule has 5 heteroatoms. The monoisotopic (exact) mass is 245 g/mol. The number of hydrogen-bond donors (Lipinski definition) is 1. The molecule has 0 amide bonds. The Kier molecular flexibility index (Phi) is 2.91. The highest BCUT2D eigenvalue weighted by Gasteiger charge is 2.22. The predicted octanol–water partition coefficient (Wildman–Crippen LogP) is 1.29. The first-order valence-electron chi connectivity index (χ1n) is 6.55. The first kappa shape index (κ1) is 11.5. The Morgan fingerprint density at radius 2 is 2.11 bits per heavy atom. The van der Waals surface area contributed by atoms with Crippen molar-refractivity contribution in [1.82, 2.24) is 14.6 Å². The third-order valence-corrected chi connectivity index (χ3v) is 3.85. The van der Waals surface area contributed by atoms with Gasteiger partial charge in [-0.25, -0.2) is 9.50 Å². The number of anilines is 1. The molecular formula is C13H19N5. The Balaban J connectivity index is 1.75. The molecule has 3 heterocycles. The average Bonchev–Trinajstić information content (AvgIpc) is 2.86. The Morgan fingerprint density at radius 3 is 2.83 bits per heavy atom. The average molecular weight is 245 g/mol. The van der Waals surface area contributed by atoms with E-state index in [9.17, 15) is 0 Å². The molecule has 2 N–H and O–H groups in total. The normalized spacial score (nSPS) is 19.3. The van der Waals surface area contributed by atoms with Crippen LogP contribution in [0.5, 0.6) is 0 Å². The van der Waals surface area contributed by atoms with Gasteiger partial charge in [-0.15, -0.1) is 0 Å². The molecular weight excluding hydrogens is 226 g/mol. The van der Waals surface area contributed by atoms with Gasteiger partial charge in [0.2, 0.25) is 0 Å². The van der Waals surface area contributed by atoms with Gasteiger partial charge in [0.15, 0.2) is 5.65 Å². The van der Waals surface area contributed by atoms with Gasteiger partial charge in [-0.1, -0.05) is 0 Å². The quantitative estimate of drug-likeness (QED) is 0.866. The van der Waals surface area contributed by atoms with Crippen LogP contribution < -0.4 is 10.6 Å². The first-order chi connectivity index (χ1) is 8.74. The molecule has 0 bridgehead atoms. The van der Waals surface area contributed by atoms with Crippen LogP contribution in [-0.2, 0) is 0 Å². The maximum Gasteiger partial charge on any atom is 0.157 e. The van der Waals surface area contributed by atoms with Crippen LogP contribution in [0.4, 0.5) is 5.82 Å². The molecule has 1 aliphatic rings. The maximum atomic E-state index is 5.97. The second-order valence-corrected chi connectivity index (χ2v) is 5.10. The smallest absolute Gasteiger partial charge is 0.157 e. The molecule has 1 unspecified atom stereocenters. The molecule has 0 spiro atoms. The Hall–Kier alpha value is -1.62. The van der Waals surface area contributed by atoms with Gasteiger partial charge in [0, 0.05) is 31.4 Å². The van der Waals surface area contributed by atoms with Crippen LogP contribution in [0.3, 0.4) is 0 Å². The molecule has 1 aliphatic heterocycles. The van der Waals surface area contributed by atoms with Crippen LogP contribution in [0.1, 0.15) is 19.8 Å². The van der Waals surface area contributed by atoms with Gasteiger partial charge in [-0.2, -0.15) is 5.10 Å². The van der Waals surface area contributed by atoms with Gasteiger partial charge in [-0.05, 0) is 31.7 Å². The van der Waals surface area contributed by atoms with Gasteiger partial charge in [0.05, 0.1) is 6.20 Å². The zero-order valence-corrected chi connectivity index (χ0v) is 10.7. The zero-order valence-electron chi connectivity index (χ0n) is 10.7. The third-order valence-electron chi connectivity index (χ3n) is 3.85. The van der Waals surface area contributed by atoms with E-state index < -0.39 is 0 Å². The molecule has 0 aromatic carbocycles. The van der Waals surface area contributed by atoms with Crippen molar-refractivity contribution >= 4 is 11.5 Å². The van der Waals surface area contributed by atoms with Crippen molar-refractivity contribution in [1.29, 1.82) is 0 Å². The van der Waals surface area contributed by atoms with Gasteiger partial charge in [0.1, 0.15) is 5.82 Å². The fourth-order valence-corrected chi connectivity index (χ4v) is 2.63. The number of piperidine rings is 1. The van der Waals surface area contributed by atoms with Crippen molar-refractivity contribution in [2.45, 2.75) is 25.8 Å². The van der Waals surface area contributed by atoms with Gasteiger partial charge in [-0.3, -0.25) is 0 Å². The highest BCUT2D eigenvalue weighted by molar-refractivity contribution is 5.47. The van der Waals surface area contributed by atoms with E-state index in [1.807, 2.05) is 18.3 Å². The van der Waals surface area contributed by atoms with Gasteiger partial charge >= 0.3 is 0 Å². The summed E-state index contributed by atoms with van der Waals surface area (Å²) in [5.41, 5.74) is 6.87. The van der Waals surface area contributed by atoms with E-state index in [1.54, 1.807) is 10.7 Å². The Labute approximate surface area is 107 Å². The summed E-state index contributed by atoms with van der Waals surface area (Å²) in [5, 5.41) is 4.16. The lowest BCUT2D eigenvalue weighted by molar-refractivity contribution is 0.353. The van der Waals surface area contributed by atoms with E-state index in [0.717, 1.165) is 37.4 Å². The maximum absolute atomic E-state index is 5.97. The minimum absolute atomic E-state index is 0.303. The molecule has 0 saturated carbocycles. The van der Waals surface area contributed by atoms with Crippen molar-refractivity contribution in [3.05, 3.63) is 24.5 Å². The summed E-state index contributed by atoms with van der Waals surface area (Å²) in [6.45, 7) is 4.20. The van der Waals surface area contributed by atoms with Crippen LogP contribution in [0.15, 0.2) is 24.5 Å². The number of hydrogen-bond acceptors (Lipinski definition) is 4. The summed E-state index contributed by atoms with van der Waals surface area (Å²) in [6, 6.07) is 4.27. The van der Waals surface area contributed by atoms with Crippen LogP contribution in [0.25, 0.3) is 5.65 Å². The lowest BCUT2D eigenvalue weighted by atomic mass is 9.91. The van der Waals surface area contributed by atoms with E-state index >= 15 is 0 Å². The van der Waals surface area contributed by atoms with Crippen molar-refractivity contribution in [3.8, 4) is 0 Å². The minimum Gasteiger partial charge on any atom is -0.356 e. The topological polar surface area (TPSA) is 59.5 Å². The molecule has 1 fully saturated rings. The summed E-state index contributed by atoms with van der Waals surface area (Å²) >= 11 is 0. The third kappa shape index (κ3) is 2.06. The van der Waals surface area contributed by atoms with Crippen LogP contribution in [0, 0.1) is 5.92 Å². The lowest BCUT2D eigenvalue weighted by Crippen LogP contribution is -2.40.